The predicted octanol–water partition coefficient (Wildman–Crippen LogP) is 11.9. The summed E-state index contributed by atoms with van der Waals surface area (Å²) in [5.74, 6) is -0.667. The number of carboxylic acids is 1. The van der Waals surface area contributed by atoms with Gasteiger partial charge in [-0.1, -0.05) is 38.1 Å². The topological polar surface area (TPSA) is 84.9 Å². The lowest BCUT2D eigenvalue weighted by Gasteiger charge is -2.04. The van der Waals surface area contributed by atoms with Crippen LogP contribution in [0.2, 0.25) is 0 Å². The number of hydrogen-bond acceptors (Lipinski definition) is 8. The molecule has 4 fully saturated rings. The summed E-state index contributed by atoms with van der Waals surface area (Å²) in [6.07, 6.45) is 9.87. The van der Waals surface area contributed by atoms with Crippen molar-refractivity contribution in [2.45, 2.75) is 100 Å². The molecule has 0 aliphatic heterocycles. The summed E-state index contributed by atoms with van der Waals surface area (Å²) in [7, 11) is 0. The largest absolute Gasteiger partial charge is 0.481 e. The van der Waals surface area contributed by atoms with Crippen molar-refractivity contribution < 1.29 is 9.90 Å². The highest BCUT2D eigenvalue weighted by Gasteiger charge is 2.52. The summed E-state index contributed by atoms with van der Waals surface area (Å²) in [5.41, 5.74) is 0.620. The second-order valence-electron chi connectivity index (χ2n) is 13.5. The van der Waals surface area contributed by atoms with E-state index in [0.717, 1.165) is 35.4 Å². The summed E-state index contributed by atoms with van der Waals surface area (Å²) < 4.78 is 0. The Morgan fingerprint density at radius 3 is 1.58 bits per heavy atom. The third kappa shape index (κ3) is 9.34. The van der Waals surface area contributed by atoms with E-state index >= 15 is 0 Å². The molecule has 48 heavy (non-hydrogen) atoms. The third-order valence-corrected chi connectivity index (χ3v) is 14.9. The van der Waals surface area contributed by atoms with Crippen LogP contribution in [0.15, 0.2) is 82.2 Å². The van der Waals surface area contributed by atoms with Crippen LogP contribution in [-0.2, 0) is 32.9 Å². The van der Waals surface area contributed by atoms with Gasteiger partial charge in [0, 0.05) is 40.1 Å². The van der Waals surface area contributed by atoms with Crippen LogP contribution in [0.4, 0.5) is 0 Å². The van der Waals surface area contributed by atoms with Gasteiger partial charge in [0.15, 0.2) is 0 Å². The maximum Gasteiger partial charge on any atom is 0.314 e. The zero-order chi connectivity index (χ0) is 34.3. The van der Waals surface area contributed by atoms with E-state index in [0.29, 0.717) is 17.3 Å². The van der Waals surface area contributed by atoms with E-state index in [4.69, 9.17) is 15.6 Å². The van der Waals surface area contributed by atoms with E-state index in [1.54, 1.807) is 32.4 Å². The normalized spacial score (nSPS) is 18.5. The molecule has 4 aliphatic carbocycles. The molecule has 0 saturated heterocycles. The van der Waals surface area contributed by atoms with Crippen LogP contribution in [0.3, 0.4) is 0 Å². The van der Waals surface area contributed by atoms with Crippen LogP contribution in [0.25, 0.3) is 0 Å². The fourth-order valence-electron chi connectivity index (χ4n) is 5.07. The molecule has 5 heterocycles. The van der Waals surface area contributed by atoms with Gasteiger partial charge < -0.3 is 5.11 Å². The van der Waals surface area contributed by atoms with Gasteiger partial charge in [-0.15, -0.1) is 56.7 Å². The Bertz CT molecular complexity index is 1790. The highest BCUT2D eigenvalue weighted by atomic mass is 32.1. The van der Waals surface area contributed by atoms with Gasteiger partial charge in [-0.25, -0.2) is 0 Å². The van der Waals surface area contributed by atoms with Crippen LogP contribution in [0.5, 0.6) is 0 Å². The summed E-state index contributed by atoms with van der Waals surface area (Å²) >= 11 is 8.71. The van der Waals surface area contributed by atoms with Crippen LogP contribution < -0.4 is 0 Å². The average molecular weight is 731 g/mol. The van der Waals surface area contributed by atoms with Gasteiger partial charge in [0.25, 0.3) is 0 Å². The van der Waals surface area contributed by atoms with E-state index in [1.807, 2.05) is 69.1 Å². The van der Waals surface area contributed by atoms with E-state index in [1.165, 1.54) is 46.8 Å². The quantitative estimate of drug-likeness (QED) is 0.188. The van der Waals surface area contributed by atoms with Gasteiger partial charge in [0.2, 0.25) is 0 Å². The van der Waals surface area contributed by atoms with Gasteiger partial charge in [0.1, 0.15) is 5.41 Å². The van der Waals surface area contributed by atoms with Crippen molar-refractivity contribution in [2.75, 3.05) is 0 Å². The number of rotatable bonds is 6. The van der Waals surface area contributed by atoms with Gasteiger partial charge >= 0.3 is 5.97 Å². The van der Waals surface area contributed by atoms with Crippen molar-refractivity contribution in [3.05, 3.63) is 111 Å². The van der Waals surface area contributed by atoms with Crippen molar-refractivity contribution in [2.24, 2.45) is 0 Å². The Balaban J connectivity index is 0.000000118. The first kappa shape index (κ1) is 36.2. The zero-order valence-electron chi connectivity index (χ0n) is 27.7. The molecule has 5 aromatic rings. The van der Waals surface area contributed by atoms with Crippen molar-refractivity contribution in [1.82, 2.24) is 0 Å². The highest BCUT2D eigenvalue weighted by Crippen LogP contribution is 2.51. The van der Waals surface area contributed by atoms with E-state index in [-0.39, 0.29) is 5.41 Å². The summed E-state index contributed by atoms with van der Waals surface area (Å²) in [6.45, 7) is 6.89. The fourth-order valence-corrected chi connectivity index (χ4v) is 9.64. The molecule has 4 aliphatic rings. The smallest absolute Gasteiger partial charge is 0.314 e. The number of hydrogen-bond donors (Lipinski definition) is 1. The first-order valence-electron chi connectivity index (χ1n) is 16.3. The molecule has 0 spiro atoms. The molecular weight excluding hydrogens is 689 g/mol. The SMILES string of the molecule is CC1(c2cccs2)CC1.Cc1ccc(C2(C)CC2)s1.N#CC1(c2cccs2)CC1.N#CCc1cccs1.O=C(O)C1(c2cccs2)CC1. The fraction of sp³-hybridized carbons (Fsp3) is 0.410. The number of nitrogens with zero attached hydrogens (tertiary/aromatic N) is 2. The Hall–Kier alpha value is -3.05. The maximum absolute atomic E-state index is 10.8. The molecule has 1 N–H and O–H groups in total. The first-order chi connectivity index (χ1) is 23.1. The zero-order valence-corrected chi connectivity index (χ0v) is 31.8. The minimum absolute atomic E-state index is 0.0613. The van der Waals surface area contributed by atoms with Crippen molar-refractivity contribution >= 4 is 62.7 Å². The van der Waals surface area contributed by atoms with Crippen LogP contribution >= 0.6 is 56.7 Å². The van der Waals surface area contributed by atoms with E-state index in [9.17, 15) is 4.79 Å². The number of carboxylic acid groups (broad SMARTS) is 1. The monoisotopic (exact) mass is 730 g/mol. The van der Waals surface area contributed by atoms with E-state index < -0.39 is 11.4 Å². The van der Waals surface area contributed by atoms with Gasteiger partial charge in [-0.3, -0.25) is 4.79 Å². The lowest BCUT2D eigenvalue weighted by molar-refractivity contribution is -0.139. The number of carbonyl (C=O) groups is 1. The summed E-state index contributed by atoms with van der Waals surface area (Å²) in [6, 6.07) is 25.2. The lowest BCUT2D eigenvalue weighted by atomic mass is 10.1. The van der Waals surface area contributed by atoms with Crippen LogP contribution in [-0.4, -0.2) is 11.1 Å². The molecule has 4 nitrogen and oxygen atoms in total. The molecule has 4 saturated carbocycles. The maximum atomic E-state index is 10.8. The summed E-state index contributed by atoms with van der Waals surface area (Å²) in [4.78, 5) is 18.8. The minimum atomic E-state index is -0.667. The lowest BCUT2D eigenvalue weighted by Crippen LogP contribution is -2.17. The number of thiophene rings is 5. The molecule has 0 atom stereocenters. The van der Waals surface area contributed by atoms with E-state index in [2.05, 4.69) is 68.6 Å². The molecule has 9 rings (SSSR count). The first-order valence-corrected chi connectivity index (χ1v) is 20.6. The Labute approximate surface area is 305 Å². The van der Waals surface area contributed by atoms with Gasteiger partial charge in [-0.05, 0) is 116 Å². The molecule has 0 aromatic carbocycles. The molecule has 0 bridgehead atoms. The van der Waals surface area contributed by atoms with Gasteiger partial charge in [0.05, 0.1) is 24.0 Å². The van der Waals surface area contributed by atoms with Crippen molar-refractivity contribution in [1.29, 1.82) is 10.5 Å². The molecule has 250 valence electrons. The van der Waals surface area contributed by atoms with Crippen molar-refractivity contribution in [3.8, 4) is 12.1 Å². The predicted molar refractivity (Wildman–Crippen MR) is 204 cm³/mol. The molecule has 0 radical (unpaired) electrons. The minimum Gasteiger partial charge on any atom is -0.481 e. The Morgan fingerprint density at radius 1 is 0.688 bits per heavy atom. The van der Waals surface area contributed by atoms with Gasteiger partial charge in [-0.2, -0.15) is 10.5 Å². The molecule has 9 heteroatoms. The second kappa shape index (κ2) is 15.7. The van der Waals surface area contributed by atoms with Crippen LogP contribution in [0.1, 0.15) is 94.5 Å². The molecule has 0 unspecified atom stereocenters. The Kier molecular flexibility index (Phi) is 11.8. The number of nitriles is 2. The summed E-state index contributed by atoms with van der Waals surface area (Å²) in [5, 5.41) is 34.0. The molecule has 5 aromatic heterocycles. The average Bonchev–Trinajstić information content (AvgIpc) is 4.02. The second-order valence-corrected chi connectivity index (χ2v) is 18.6. The van der Waals surface area contributed by atoms with Crippen molar-refractivity contribution in [3.63, 3.8) is 0 Å². The number of aryl methyl sites for hydroxylation is 1. The standard InChI is InChI=1S/C9H12S.C8H7NS.C8H8O2S.C8H10S.C6H5NS/c1-7-3-4-8(10-7)9(2)5-6-9;9-6-8(3-4-8)7-2-1-5-10-7;9-7(10)8(3-4-8)6-2-1-5-11-6;1-8(4-5-8)7-3-2-6-9-7;7-4-3-6-2-1-5-8-6/h3-4H,5-6H2,1-2H3;1-2,5H,3-4H2;1-2,5H,3-4H2,(H,9,10);2-3,6H,4-5H2,1H3;1-2,5H,3H2. The highest BCUT2D eigenvalue weighted by molar-refractivity contribution is 7.12. The molecular formula is C39H42N2O2S5. The van der Waals surface area contributed by atoms with Crippen LogP contribution in [0, 0.1) is 29.6 Å². The Morgan fingerprint density at radius 2 is 1.21 bits per heavy atom. The molecule has 0 amide bonds. The number of aliphatic carboxylic acids is 1. The third-order valence-electron chi connectivity index (χ3n) is 9.39.